The second kappa shape index (κ2) is 6.39. The van der Waals surface area contributed by atoms with Crippen LogP contribution in [-0.2, 0) is 4.79 Å². The molecule has 1 aliphatic carbocycles. The molecule has 100 valence electrons. The maximum Gasteiger partial charge on any atom is 0.305 e. The first-order valence-corrected chi connectivity index (χ1v) is 6.96. The predicted molar refractivity (Wildman–Crippen MR) is 70.1 cm³/mol. The van der Waals surface area contributed by atoms with Crippen LogP contribution in [-0.4, -0.2) is 23.2 Å². The van der Waals surface area contributed by atoms with Gasteiger partial charge in [-0.2, -0.15) is 0 Å². The van der Waals surface area contributed by atoms with E-state index < -0.39 is 5.97 Å². The topological polar surface area (TPSA) is 49.3 Å². The average molecular weight is 241 g/mol. The summed E-state index contributed by atoms with van der Waals surface area (Å²) in [6, 6.07) is 0. The number of hydrogen-bond donors (Lipinski definition) is 2. The lowest BCUT2D eigenvalue weighted by molar-refractivity contribution is -0.139. The van der Waals surface area contributed by atoms with Gasteiger partial charge < -0.3 is 10.4 Å². The van der Waals surface area contributed by atoms with Crippen LogP contribution >= 0.6 is 0 Å². The summed E-state index contributed by atoms with van der Waals surface area (Å²) in [4.78, 5) is 11.0. The monoisotopic (exact) mass is 241 g/mol. The van der Waals surface area contributed by atoms with E-state index in [0.717, 1.165) is 37.6 Å². The van der Waals surface area contributed by atoms with Gasteiger partial charge in [-0.05, 0) is 50.5 Å². The molecule has 0 aromatic rings. The molecule has 1 rings (SSSR count). The molecule has 0 spiro atoms. The fourth-order valence-electron chi connectivity index (χ4n) is 2.96. The smallest absolute Gasteiger partial charge is 0.305 e. The van der Waals surface area contributed by atoms with Crippen LogP contribution in [0.1, 0.15) is 59.3 Å². The van der Waals surface area contributed by atoms with Gasteiger partial charge in [0.1, 0.15) is 0 Å². The summed E-state index contributed by atoms with van der Waals surface area (Å²) in [6.45, 7) is 7.60. The lowest BCUT2D eigenvalue weighted by Gasteiger charge is -2.41. The van der Waals surface area contributed by atoms with Gasteiger partial charge in [-0.1, -0.05) is 20.8 Å². The van der Waals surface area contributed by atoms with Gasteiger partial charge in [-0.3, -0.25) is 4.79 Å². The van der Waals surface area contributed by atoms with Crippen LogP contribution in [0.15, 0.2) is 0 Å². The fourth-order valence-corrected chi connectivity index (χ4v) is 2.96. The number of aliphatic carboxylic acids is 1. The fraction of sp³-hybridized carbons (Fsp3) is 0.929. The summed E-state index contributed by atoms with van der Waals surface area (Å²) in [5.41, 5.74) is -0.132. The van der Waals surface area contributed by atoms with Crippen molar-refractivity contribution in [2.24, 2.45) is 11.8 Å². The van der Waals surface area contributed by atoms with E-state index in [2.05, 4.69) is 26.1 Å². The number of nitrogens with one attached hydrogen (secondary N) is 1. The third-order valence-corrected chi connectivity index (χ3v) is 4.17. The highest BCUT2D eigenvalue weighted by atomic mass is 16.4. The Hall–Kier alpha value is -0.570. The first kappa shape index (κ1) is 14.5. The Bertz CT molecular complexity index is 243. The van der Waals surface area contributed by atoms with E-state index >= 15 is 0 Å². The molecule has 0 atom stereocenters. The Morgan fingerprint density at radius 1 is 1.41 bits per heavy atom. The van der Waals surface area contributed by atoms with Gasteiger partial charge in [0.15, 0.2) is 0 Å². The van der Waals surface area contributed by atoms with Crippen molar-refractivity contribution in [2.45, 2.75) is 64.8 Å². The summed E-state index contributed by atoms with van der Waals surface area (Å²) < 4.78 is 0. The third-order valence-electron chi connectivity index (χ3n) is 4.17. The Kier molecular flexibility index (Phi) is 5.44. The van der Waals surface area contributed by atoms with Gasteiger partial charge in [-0.15, -0.1) is 0 Å². The number of carboxylic acids is 1. The lowest BCUT2D eigenvalue weighted by Crippen LogP contribution is -2.50. The number of carbonyl (C=O) groups is 1. The zero-order valence-electron chi connectivity index (χ0n) is 11.5. The van der Waals surface area contributed by atoms with E-state index in [0.29, 0.717) is 0 Å². The minimum Gasteiger partial charge on any atom is -0.481 e. The molecular formula is C14H27NO2. The molecule has 1 fully saturated rings. The zero-order valence-corrected chi connectivity index (χ0v) is 11.5. The number of carboxylic acid groups (broad SMARTS) is 1. The van der Waals surface area contributed by atoms with Crippen LogP contribution in [0, 0.1) is 11.8 Å². The minimum absolute atomic E-state index is 0.132. The van der Waals surface area contributed by atoms with Gasteiger partial charge in [0.05, 0.1) is 6.42 Å². The standard InChI is InChI=1S/C14H27NO2/c1-4-9-15-14(10-13(16)17)7-5-12(6-8-14)11(2)3/h11-12,15H,4-10H2,1-3H3,(H,16,17). The number of rotatable bonds is 6. The molecule has 17 heavy (non-hydrogen) atoms. The quantitative estimate of drug-likeness (QED) is 0.751. The summed E-state index contributed by atoms with van der Waals surface area (Å²) in [7, 11) is 0. The summed E-state index contributed by atoms with van der Waals surface area (Å²) in [5, 5.41) is 12.6. The molecular weight excluding hydrogens is 214 g/mol. The van der Waals surface area contributed by atoms with Crippen molar-refractivity contribution in [1.29, 1.82) is 0 Å². The van der Waals surface area contributed by atoms with Crippen LogP contribution in [0.25, 0.3) is 0 Å². The second-order valence-corrected chi connectivity index (χ2v) is 5.86. The van der Waals surface area contributed by atoms with E-state index in [1.54, 1.807) is 0 Å². The molecule has 0 heterocycles. The van der Waals surface area contributed by atoms with Gasteiger partial charge >= 0.3 is 5.97 Å². The van der Waals surface area contributed by atoms with Crippen molar-refractivity contribution >= 4 is 5.97 Å². The number of hydrogen-bond acceptors (Lipinski definition) is 2. The van der Waals surface area contributed by atoms with E-state index in [-0.39, 0.29) is 12.0 Å². The highest BCUT2D eigenvalue weighted by molar-refractivity contribution is 5.68. The van der Waals surface area contributed by atoms with Crippen LogP contribution in [0.2, 0.25) is 0 Å². The summed E-state index contributed by atoms with van der Waals surface area (Å²) in [5.74, 6) is 0.834. The predicted octanol–water partition coefficient (Wildman–Crippen LogP) is 3.05. The van der Waals surface area contributed by atoms with E-state index in [9.17, 15) is 4.79 Å². The van der Waals surface area contributed by atoms with Gasteiger partial charge in [0, 0.05) is 5.54 Å². The Labute approximate surface area is 105 Å². The van der Waals surface area contributed by atoms with Crippen LogP contribution < -0.4 is 5.32 Å². The van der Waals surface area contributed by atoms with Crippen molar-refractivity contribution < 1.29 is 9.90 Å². The summed E-state index contributed by atoms with van der Waals surface area (Å²) in [6.07, 6.45) is 5.71. The first-order chi connectivity index (χ1) is 7.99. The zero-order chi connectivity index (χ0) is 12.9. The molecule has 0 unspecified atom stereocenters. The van der Waals surface area contributed by atoms with Crippen molar-refractivity contribution in [2.75, 3.05) is 6.54 Å². The lowest BCUT2D eigenvalue weighted by atomic mass is 9.71. The molecule has 0 saturated heterocycles. The highest BCUT2D eigenvalue weighted by Gasteiger charge is 2.37. The van der Waals surface area contributed by atoms with E-state index in [1.807, 2.05) is 0 Å². The minimum atomic E-state index is -0.670. The molecule has 1 saturated carbocycles. The van der Waals surface area contributed by atoms with Crippen LogP contribution in [0.5, 0.6) is 0 Å². The molecule has 3 heteroatoms. The van der Waals surface area contributed by atoms with Gasteiger partial charge in [0.2, 0.25) is 0 Å². The van der Waals surface area contributed by atoms with Crippen molar-refractivity contribution in [3.8, 4) is 0 Å². The molecule has 0 bridgehead atoms. The van der Waals surface area contributed by atoms with Crippen molar-refractivity contribution in [1.82, 2.24) is 5.32 Å². The van der Waals surface area contributed by atoms with Crippen molar-refractivity contribution in [3.63, 3.8) is 0 Å². The third kappa shape index (κ3) is 4.30. The average Bonchev–Trinajstić information content (AvgIpc) is 2.26. The SMILES string of the molecule is CCCNC1(CC(=O)O)CCC(C(C)C)CC1. The van der Waals surface area contributed by atoms with E-state index in [4.69, 9.17) is 5.11 Å². The highest BCUT2D eigenvalue weighted by Crippen LogP contribution is 2.37. The molecule has 0 aromatic carbocycles. The normalized spacial score (nSPS) is 29.5. The van der Waals surface area contributed by atoms with Crippen LogP contribution in [0.3, 0.4) is 0 Å². The Morgan fingerprint density at radius 3 is 2.41 bits per heavy atom. The maximum atomic E-state index is 11.0. The van der Waals surface area contributed by atoms with E-state index in [1.165, 1.54) is 12.8 Å². The molecule has 3 nitrogen and oxygen atoms in total. The Morgan fingerprint density at radius 2 is 2.00 bits per heavy atom. The van der Waals surface area contributed by atoms with Gasteiger partial charge in [0.25, 0.3) is 0 Å². The molecule has 0 aliphatic heterocycles. The molecule has 2 N–H and O–H groups in total. The largest absolute Gasteiger partial charge is 0.481 e. The maximum absolute atomic E-state index is 11.0. The molecule has 0 radical (unpaired) electrons. The molecule has 0 aromatic heterocycles. The van der Waals surface area contributed by atoms with Crippen LogP contribution in [0.4, 0.5) is 0 Å². The first-order valence-electron chi connectivity index (χ1n) is 6.96. The summed E-state index contributed by atoms with van der Waals surface area (Å²) >= 11 is 0. The second-order valence-electron chi connectivity index (χ2n) is 5.86. The Balaban J connectivity index is 2.58. The molecule has 0 amide bonds. The molecule has 1 aliphatic rings. The van der Waals surface area contributed by atoms with Crippen molar-refractivity contribution in [3.05, 3.63) is 0 Å². The van der Waals surface area contributed by atoms with Gasteiger partial charge in [-0.25, -0.2) is 0 Å².